The van der Waals surface area contributed by atoms with Crippen molar-refractivity contribution >= 4 is 11.3 Å². The molecule has 0 aliphatic rings. The van der Waals surface area contributed by atoms with Crippen LogP contribution in [0.25, 0.3) is 0 Å². The molecule has 5 heteroatoms. The lowest BCUT2D eigenvalue weighted by atomic mass is 10.2. The highest BCUT2D eigenvalue weighted by molar-refractivity contribution is 7.09. The fourth-order valence-electron chi connectivity index (χ4n) is 1.46. The zero-order chi connectivity index (χ0) is 11.2. The molecule has 0 fully saturated rings. The van der Waals surface area contributed by atoms with Crippen molar-refractivity contribution in [1.29, 1.82) is 0 Å². The molecule has 1 N–H and O–H groups in total. The fourth-order valence-corrected chi connectivity index (χ4v) is 2.01. The van der Waals surface area contributed by atoms with E-state index in [1.54, 1.807) is 11.3 Å². The molecule has 0 amide bonds. The van der Waals surface area contributed by atoms with E-state index in [9.17, 15) is 0 Å². The fraction of sp³-hybridized carbons (Fsp3) is 0.455. The number of nitrogens with one attached hydrogen (secondary N) is 1. The minimum Gasteiger partial charge on any atom is -0.309 e. The van der Waals surface area contributed by atoms with Gasteiger partial charge in [0.25, 0.3) is 0 Å². The van der Waals surface area contributed by atoms with Crippen molar-refractivity contribution < 1.29 is 0 Å². The Balaban J connectivity index is 1.66. The molecular formula is C11H16N4S. The second kappa shape index (κ2) is 5.77. The first-order valence-corrected chi connectivity index (χ1v) is 6.31. The van der Waals surface area contributed by atoms with Gasteiger partial charge in [-0.05, 0) is 19.4 Å². The molecule has 4 nitrogen and oxygen atoms in total. The Morgan fingerprint density at radius 1 is 1.56 bits per heavy atom. The lowest BCUT2D eigenvalue weighted by Crippen LogP contribution is -2.26. The molecule has 1 unspecified atom stereocenters. The summed E-state index contributed by atoms with van der Waals surface area (Å²) in [5.41, 5.74) is 1.87. The van der Waals surface area contributed by atoms with Crippen LogP contribution in [0.3, 0.4) is 0 Å². The number of thiazole rings is 1. The predicted octanol–water partition coefficient (Wildman–Crippen LogP) is 1.91. The van der Waals surface area contributed by atoms with E-state index in [4.69, 9.17) is 0 Å². The second-order valence-electron chi connectivity index (χ2n) is 3.81. The van der Waals surface area contributed by atoms with Crippen molar-refractivity contribution in [3.05, 3.63) is 35.0 Å². The van der Waals surface area contributed by atoms with Crippen LogP contribution in [-0.4, -0.2) is 20.8 Å². The average molecular weight is 236 g/mol. The minimum absolute atomic E-state index is 0.492. The Kier molecular flexibility index (Phi) is 4.07. The van der Waals surface area contributed by atoms with Crippen molar-refractivity contribution in [2.75, 3.05) is 0 Å². The van der Waals surface area contributed by atoms with Gasteiger partial charge in [0, 0.05) is 42.6 Å². The molecule has 2 heterocycles. The third kappa shape index (κ3) is 3.43. The molecule has 86 valence electrons. The summed E-state index contributed by atoms with van der Waals surface area (Å²) in [5.74, 6) is 0. The Hall–Kier alpha value is -1.20. The van der Waals surface area contributed by atoms with Crippen LogP contribution in [0, 0.1) is 0 Å². The van der Waals surface area contributed by atoms with E-state index in [2.05, 4.69) is 22.3 Å². The number of aryl methyl sites for hydroxylation is 1. The van der Waals surface area contributed by atoms with Crippen molar-refractivity contribution in [3.63, 3.8) is 0 Å². The Morgan fingerprint density at radius 2 is 2.50 bits per heavy atom. The van der Waals surface area contributed by atoms with E-state index in [-0.39, 0.29) is 0 Å². The summed E-state index contributed by atoms with van der Waals surface area (Å²) in [4.78, 5) is 5.33. The first kappa shape index (κ1) is 11.3. The molecule has 2 rings (SSSR count). The highest BCUT2D eigenvalue weighted by atomic mass is 32.1. The number of aromatic nitrogens is 3. The van der Waals surface area contributed by atoms with E-state index >= 15 is 0 Å². The lowest BCUT2D eigenvalue weighted by Gasteiger charge is -2.12. The predicted molar refractivity (Wildman–Crippen MR) is 65.3 cm³/mol. The van der Waals surface area contributed by atoms with Gasteiger partial charge >= 0.3 is 0 Å². The Bertz CT molecular complexity index is 344. The van der Waals surface area contributed by atoms with Gasteiger partial charge in [-0.25, -0.2) is 0 Å². The van der Waals surface area contributed by atoms with Gasteiger partial charge in [-0.15, -0.1) is 11.3 Å². The zero-order valence-electron chi connectivity index (χ0n) is 9.34. The number of nitrogens with zero attached hydrogens (tertiary/aromatic N) is 3. The summed E-state index contributed by atoms with van der Waals surface area (Å²) in [6, 6.07) is 2.45. The molecule has 0 aromatic carbocycles. The normalized spacial score (nSPS) is 12.8. The number of hydrogen-bond acceptors (Lipinski definition) is 4. The molecule has 16 heavy (non-hydrogen) atoms. The number of rotatable bonds is 6. The highest BCUT2D eigenvalue weighted by Gasteiger charge is 2.02. The molecule has 0 bridgehead atoms. The molecule has 1 atom stereocenters. The van der Waals surface area contributed by atoms with Crippen molar-refractivity contribution in [3.8, 4) is 0 Å². The van der Waals surface area contributed by atoms with Crippen LogP contribution >= 0.6 is 11.3 Å². The smallest absolute Gasteiger partial charge is 0.0794 e. The van der Waals surface area contributed by atoms with Crippen LogP contribution in [0.15, 0.2) is 30.2 Å². The molecule has 2 aromatic rings. The third-order valence-corrected chi connectivity index (χ3v) is 3.24. The average Bonchev–Trinajstić information content (AvgIpc) is 2.96. The maximum absolute atomic E-state index is 4.18. The summed E-state index contributed by atoms with van der Waals surface area (Å²) in [5, 5.41) is 7.66. The summed E-state index contributed by atoms with van der Waals surface area (Å²) in [6.07, 6.45) is 6.81. The molecular weight excluding hydrogens is 220 g/mol. The van der Waals surface area contributed by atoms with Gasteiger partial charge in [-0.2, -0.15) is 5.10 Å². The van der Waals surface area contributed by atoms with Crippen molar-refractivity contribution in [1.82, 2.24) is 20.1 Å². The second-order valence-corrected chi connectivity index (χ2v) is 4.78. The molecule has 0 saturated carbocycles. The van der Waals surface area contributed by atoms with Crippen LogP contribution in [0.5, 0.6) is 0 Å². The minimum atomic E-state index is 0.492. The summed E-state index contributed by atoms with van der Waals surface area (Å²) in [6.45, 7) is 4.07. The summed E-state index contributed by atoms with van der Waals surface area (Å²) < 4.78 is 1.96. The van der Waals surface area contributed by atoms with Crippen LogP contribution in [0.4, 0.5) is 0 Å². The molecule has 2 aromatic heterocycles. The first-order chi connectivity index (χ1) is 7.84. The topological polar surface area (TPSA) is 42.7 Å². The largest absolute Gasteiger partial charge is 0.309 e. The van der Waals surface area contributed by atoms with Gasteiger partial charge in [-0.3, -0.25) is 9.67 Å². The van der Waals surface area contributed by atoms with Crippen molar-refractivity contribution in [2.24, 2.45) is 0 Å². The molecule has 0 aliphatic heterocycles. The zero-order valence-corrected chi connectivity index (χ0v) is 10.2. The Labute approximate surface area is 99.3 Å². The molecule has 0 saturated heterocycles. The summed E-state index contributed by atoms with van der Waals surface area (Å²) in [7, 11) is 0. The molecule has 0 spiro atoms. The van der Waals surface area contributed by atoms with E-state index < -0.39 is 0 Å². The monoisotopic (exact) mass is 236 g/mol. The summed E-state index contributed by atoms with van der Waals surface area (Å²) >= 11 is 1.69. The van der Waals surface area contributed by atoms with E-state index in [1.165, 1.54) is 4.88 Å². The third-order valence-electron chi connectivity index (χ3n) is 2.46. The van der Waals surface area contributed by atoms with Gasteiger partial charge in [0.05, 0.1) is 5.51 Å². The lowest BCUT2D eigenvalue weighted by molar-refractivity contribution is 0.459. The van der Waals surface area contributed by atoms with Crippen molar-refractivity contribution in [2.45, 2.75) is 32.5 Å². The van der Waals surface area contributed by atoms with E-state index in [1.807, 2.05) is 34.8 Å². The van der Waals surface area contributed by atoms with E-state index in [0.717, 1.165) is 19.5 Å². The first-order valence-electron chi connectivity index (χ1n) is 5.43. The molecule has 0 radical (unpaired) electrons. The maximum atomic E-state index is 4.18. The molecule has 0 aliphatic carbocycles. The maximum Gasteiger partial charge on any atom is 0.0794 e. The highest BCUT2D eigenvalue weighted by Crippen LogP contribution is 2.05. The van der Waals surface area contributed by atoms with Crippen LogP contribution < -0.4 is 5.32 Å². The van der Waals surface area contributed by atoms with Crippen LogP contribution in [0.1, 0.15) is 18.2 Å². The SMILES string of the molecule is CC(CCn1cccn1)NCc1cncs1. The van der Waals surface area contributed by atoms with Gasteiger partial charge in [0.1, 0.15) is 0 Å². The van der Waals surface area contributed by atoms with Crippen LogP contribution in [-0.2, 0) is 13.1 Å². The van der Waals surface area contributed by atoms with Gasteiger partial charge < -0.3 is 5.32 Å². The van der Waals surface area contributed by atoms with Crippen LogP contribution in [0.2, 0.25) is 0 Å². The van der Waals surface area contributed by atoms with E-state index in [0.29, 0.717) is 6.04 Å². The quantitative estimate of drug-likeness (QED) is 0.833. The standard InChI is InChI=1S/C11H16N4S/c1-10(3-6-15-5-2-4-14-15)13-8-11-7-12-9-16-11/h2,4-5,7,9-10,13H,3,6,8H2,1H3. The Morgan fingerprint density at radius 3 is 3.19 bits per heavy atom. The van der Waals surface area contributed by atoms with Gasteiger partial charge in [-0.1, -0.05) is 0 Å². The van der Waals surface area contributed by atoms with Gasteiger partial charge in [0.15, 0.2) is 0 Å². The van der Waals surface area contributed by atoms with Gasteiger partial charge in [0.2, 0.25) is 0 Å². The number of hydrogen-bond donors (Lipinski definition) is 1.